The monoisotopic (exact) mass is 366 g/mol. The van der Waals surface area contributed by atoms with Crippen molar-refractivity contribution in [1.82, 2.24) is 4.90 Å². The Morgan fingerprint density at radius 3 is 1.96 bits per heavy atom. The van der Waals surface area contributed by atoms with Gasteiger partial charge in [-0.3, -0.25) is 9.69 Å². The van der Waals surface area contributed by atoms with Gasteiger partial charge < -0.3 is 10.5 Å². The van der Waals surface area contributed by atoms with Crippen molar-refractivity contribution in [2.24, 2.45) is 0 Å². The topological polar surface area (TPSA) is 55.6 Å². The highest BCUT2D eigenvalue weighted by molar-refractivity contribution is 5.71. The van der Waals surface area contributed by atoms with Crippen LogP contribution in [0.3, 0.4) is 0 Å². The molecule has 0 aliphatic carbocycles. The molecular weight excluding hydrogens is 345 g/mol. The SMILES string of the molecule is CCOC(=O)CN(Cc1ccc(N)cc1)Cc1ccc(C(F)(F)F)cc1. The molecule has 0 fully saturated rings. The Morgan fingerprint density at radius 2 is 1.50 bits per heavy atom. The maximum atomic E-state index is 12.7. The first kappa shape index (κ1) is 19.8. The van der Waals surface area contributed by atoms with Crippen molar-refractivity contribution in [1.29, 1.82) is 0 Å². The molecule has 2 aromatic carbocycles. The number of nitrogens with two attached hydrogens (primary N) is 1. The van der Waals surface area contributed by atoms with Gasteiger partial charge in [-0.2, -0.15) is 13.2 Å². The third kappa shape index (κ3) is 6.07. The van der Waals surface area contributed by atoms with E-state index < -0.39 is 11.7 Å². The lowest BCUT2D eigenvalue weighted by atomic mass is 10.1. The van der Waals surface area contributed by atoms with Crippen LogP contribution in [0.1, 0.15) is 23.6 Å². The number of nitrogens with zero attached hydrogens (tertiary/aromatic N) is 1. The van der Waals surface area contributed by atoms with Crippen LogP contribution in [0.4, 0.5) is 18.9 Å². The summed E-state index contributed by atoms with van der Waals surface area (Å²) in [6, 6.07) is 12.1. The zero-order valence-corrected chi connectivity index (χ0v) is 14.4. The predicted octanol–water partition coefficient (Wildman–Crippen LogP) is 3.85. The summed E-state index contributed by atoms with van der Waals surface area (Å²) in [7, 11) is 0. The molecule has 26 heavy (non-hydrogen) atoms. The molecule has 140 valence electrons. The summed E-state index contributed by atoms with van der Waals surface area (Å²) in [5.74, 6) is -0.380. The molecule has 0 aliphatic heterocycles. The van der Waals surface area contributed by atoms with E-state index in [9.17, 15) is 18.0 Å². The smallest absolute Gasteiger partial charge is 0.416 e. The third-order valence-electron chi connectivity index (χ3n) is 3.73. The molecule has 7 heteroatoms. The summed E-state index contributed by atoms with van der Waals surface area (Å²) in [5.41, 5.74) is 7.22. The van der Waals surface area contributed by atoms with Crippen molar-refractivity contribution in [2.45, 2.75) is 26.2 Å². The zero-order valence-electron chi connectivity index (χ0n) is 14.4. The van der Waals surface area contributed by atoms with Gasteiger partial charge in [0.15, 0.2) is 0 Å². The Morgan fingerprint density at radius 1 is 1.00 bits per heavy atom. The van der Waals surface area contributed by atoms with Gasteiger partial charge in [-0.1, -0.05) is 24.3 Å². The second kappa shape index (κ2) is 8.71. The molecule has 0 heterocycles. The molecule has 0 atom stereocenters. The van der Waals surface area contributed by atoms with Crippen LogP contribution in [-0.2, 0) is 28.8 Å². The van der Waals surface area contributed by atoms with Crippen LogP contribution in [-0.4, -0.2) is 24.0 Å². The maximum Gasteiger partial charge on any atom is 0.416 e. The average Bonchev–Trinajstić information content (AvgIpc) is 2.57. The Labute approximate surface area is 150 Å². The van der Waals surface area contributed by atoms with Crippen LogP contribution >= 0.6 is 0 Å². The summed E-state index contributed by atoms with van der Waals surface area (Å²) in [6.45, 7) is 2.80. The molecule has 4 nitrogen and oxygen atoms in total. The van der Waals surface area contributed by atoms with Gasteiger partial charge in [0.25, 0.3) is 0 Å². The Bertz CT molecular complexity index is 713. The Kier molecular flexibility index (Phi) is 6.63. The molecule has 0 radical (unpaired) electrons. The van der Waals surface area contributed by atoms with E-state index in [1.807, 2.05) is 17.0 Å². The first-order chi connectivity index (χ1) is 12.3. The highest BCUT2D eigenvalue weighted by atomic mass is 19.4. The normalized spacial score (nSPS) is 11.6. The van der Waals surface area contributed by atoms with Crippen LogP contribution in [0, 0.1) is 0 Å². The number of carbonyl (C=O) groups is 1. The van der Waals surface area contributed by atoms with Crippen LogP contribution in [0.15, 0.2) is 48.5 Å². The van der Waals surface area contributed by atoms with Crippen LogP contribution in [0.25, 0.3) is 0 Å². The van der Waals surface area contributed by atoms with E-state index in [1.165, 1.54) is 12.1 Å². The highest BCUT2D eigenvalue weighted by Crippen LogP contribution is 2.29. The minimum atomic E-state index is -4.37. The Balaban J connectivity index is 2.12. The highest BCUT2D eigenvalue weighted by Gasteiger charge is 2.30. The molecule has 0 spiro atoms. The van der Waals surface area contributed by atoms with Crippen molar-refractivity contribution >= 4 is 11.7 Å². The fourth-order valence-electron chi connectivity index (χ4n) is 2.50. The maximum absolute atomic E-state index is 12.7. The van der Waals surface area contributed by atoms with E-state index >= 15 is 0 Å². The number of hydrogen-bond donors (Lipinski definition) is 1. The number of ether oxygens (including phenoxy) is 1. The van der Waals surface area contributed by atoms with Gasteiger partial charge in [-0.25, -0.2) is 0 Å². The van der Waals surface area contributed by atoms with E-state index in [4.69, 9.17) is 10.5 Å². The number of alkyl halides is 3. The van der Waals surface area contributed by atoms with Gasteiger partial charge in [-0.15, -0.1) is 0 Å². The molecule has 0 aromatic heterocycles. The van der Waals surface area contributed by atoms with Crippen molar-refractivity contribution in [2.75, 3.05) is 18.9 Å². The molecule has 0 bridgehead atoms. The van der Waals surface area contributed by atoms with Gasteiger partial charge in [-0.05, 0) is 42.3 Å². The third-order valence-corrected chi connectivity index (χ3v) is 3.73. The average molecular weight is 366 g/mol. The summed E-state index contributed by atoms with van der Waals surface area (Å²) in [4.78, 5) is 13.7. The van der Waals surface area contributed by atoms with Crippen molar-refractivity contribution in [3.05, 3.63) is 65.2 Å². The molecule has 0 saturated heterocycles. The fourth-order valence-corrected chi connectivity index (χ4v) is 2.50. The number of carbonyl (C=O) groups excluding carboxylic acids is 1. The minimum Gasteiger partial charge on any atom is -0.465 e. The second-order valence-corrected chi connectivity index (χ2v) is 5.89. The first-order valence-corrected chi connectivity index (χ1v) is 8.16. The number of halogens is 3. The van der Waals surface area contributed by atoms with Gasteiger partial charge in [0.1, 0.15) is 0 Å². The van der Waals surface area contributed by atoms with E-state index in [2.05, 4.69) is 0 Å². The standard InChI is InChI=1S/C19H21F3N2O2/c1-2-26-18(25)13-24(12-15-5-9-17(23)10-6-15)11-14-3-7-16(8-4-14)19(20,21)22/h3-10H,2,11-13,23H2,1H3. The molecule has 0 saturated carbocycles. The molecule has 0 amide bonds. The number of rotatable bonds is 7. The molecule has 2 N–H and O–H groups in total. The van der Waals surface area contributed by atoms with Gasteiger partial charge in [0, 0.05) is 18.8 Å². The molecular formula is C19H21F3N2O2. The quantitative estimate of drug-likeness (QED) is 0.597. The summed E-state index contributed by atoms with van der Waals surface area (Å²) >= 11 is 0. The molecule has 0 aliphatic rings. The van der Waals surface area contributed by atoms with E-state index in [0.29, 0.717) is 24.3 Å². The number of esters is 1. The van der Waals surface area contributed by atoms with Crippen LogP contribution in [0.2, 0.25) is 0 Å². The second-order valence-electron chi connectivity index (χ2n) is 5.89. The van der Waals surface area contributed by atoms with E-state index in [1.54, 1.807) is 19.1 Å². The summed E-state index contributed by atoms with van der Waals surface area (Å²) < 4.78 is 43.0. The summed E-state index contributed by atoms with van der Waals surface area (Å²) in [6.07, 6.45) is -4.37. The molecule has 2 aromatic rings. The van der Waals surface area contributed by atoms with E-state index in [-0.39, 0.29) is 19.1 Å². The minimum absolute atomic E-state index is 0.0409. The number of hydrogen-bond acceptors (Lipinski definition) is 4. The van der Waals surface area contributed by atoms with Gasteiger partial charge in [0.2, 0.25) is 0 Å². The molecule has 0 unspecified atom stereocenters. The first-order valence-electron chi connectivity index (χ1n) is 8.16. The van der Waals surface area contributed by atoms with Crippen molar-refractivity contribution in [3.63, 3.8) is 0 Å². The molecule has 2 rings (SSSR count). The predicted molar refractivity (Wildman–Crippen MR) is 93.0 cm³/mol. The van der Waals surface area contributed by atoms with E-state index in [0.717, 1.165) is 17.7 Å². The Hall–Kier alpha value is -2.54. The van der Waals surface area contributed by atoms with Crippen LogP contribution < -0.4 is 5.73 Å². The lowest BCUT2D eigenvalue weighted by molar-refractivity contribution is -0.144. The number of benzene rings is 2. The lowest BCUT2D eigenvalue weighted by Crippen LogP contribution is -2.30. The fraction of sp³-hybridized carbons (Fsp3) is 0.316. The number of anilines is 1. The largest absolute Gasteiger partial charge is 0.465 e. The van der Waals surface area contributed by atoms with Gasteiger partial charge >= 0.3 is 12.1 Å². The van der Waals surface area contributed by atoms with Gasteiger partial charge in [0.05, 0.1) is 18.7 Å². The van der Waals surface area contributed by atoms with Crippen molar-refractivity contribution in [3.8, 4) is 0 Å². The zero-order chi connectivity index (χ0) is 19.2. The lowest BCUT2D eigenvalue weighted by Gasteiger charge is -2.22. The van der Waals surface area contributed by atoms with Crippen LogP contribution in [0.5, 0.6) is 0 Å². The number of nitrogen functional groups attached to an aromatic ring is 1. The van der Waals surface area contributed by atoms with Crippen molar-refractivity contribution < 1.29 is 22.7 Å². The summed E-state index contributed by atoms with van der Waals surface area (Å²) in [5, 5.41) is 0.